The van der Waals surface area contributed by atoms with Gasteiger partial charge in [0.05, 0.1) is 6.10 Å². The van der Waals surface area contributed by atoms with Crippen molar-refractivity contribution in [2.24, 2.45) is 0 Å². The van der Waals surface area contributed by atoms with Gasteiger partial charge in [-0.25, -0.2) is 0 Å². The number of rotatable bonds is 7. The van der Waals surface area contributed by atoms with Gasteiger partial charge in [0.2, 0.25) is 0 Å². The van der Waals surface area contributed by atoms with Crippen molar-refractivity contribution < 1.29 is 15.0 Å². The number of aliphatic hydroxyl groups excluding tert-OH is 1. The van der Waals surface area contributed by atoms with Crippen molar-refractivity contribution in [1.82, 2.24) is 5.32 Å². The Labute approximate surface area is 89.1 Å². The molecule has 4 nitrogen and oxygen atoms in total. The largest absolute Gasteiger partial charge is 0.480 e. The standard InChI is InChI=1S/C9H19NO3S/c1-6(11)7(2)14-5-4-8(10-3)9(12)13/h6-8,10-11H,4-5H2,1-3H3,(H,12,13). The van der Waals surface area contributed by atoms with E-state index in [4.69, 9.17) is 5.11 Å². The van der Waals surface area contributed by atoms with E-state index < -0.39 is 12.0 Å². The molecule has 3 N–H and O–H groups in total. The van der Waals surface area contributed by atoms with Crippen LogP contribution in [-0.4, -0.2) is 46.4 Å². The number of aliphatic hydroxyl groups is 1. The maximum atomic E-state index is 10.6. The first-order chi connectivity index (χ1) is 6.49. The Morgan fingerprint density at radius 3 is 2.43 bits per heavy atom. The summed E-state index contributed by atoms with van der Waals surface area (Å²) in [7, 11) is 1.64. The molecule has 0 aliphatic carbocycles. The van der Waals surface area contributed by atoms with Crippen LogP contribution in [0.25, 0.3) is 0 Å². The third-order valence-corrected chi connectivity index (χ3v) is 3.50. The van der Waals surface area contributed by atoms with Gasteiger partial charge >= 0.3 is 5.97 Å². The number of carbonyl (C=O) groups is 1. The van der Waals surface area contributed by atoms with Gasteiger partial charge in [-0.2, -0.15) is 11.8 Å². The predicted octanol–water partition coefficient (Wildman–Crippen LogP) is 0.552. The fourth-order valence-electron chi connectivity index (χ4n) is 0.902. The molecule has 3 unspecified atom stereocenters. The van der Waals surface area contributed by atoms with E-state index in [1.165, 1.54) is 0 Å². The van der Waals surface area contributed by atoms with E-state index in [-0.39, 0.29) is 11.4 Å². The fourth-order valence-corrected chi connectivity index (χ4v) is 1.92. The highest BCUT2D eigenvalue weighted by atomic mass is 32.2. The quantitative estimate of drug-likeness (QED) is 0.586. The van der Waals surface area contributed by atoms with Crippen molar-refractivity contribution in [3.63, 3.8) is 0 Å². The molecule has 0 spiro atoms. The highest BCUT2D eigenvalue weighted by Gasteiger charge is 2.15. The lowest BCUT2D eigenvalue weighted by molar-refractivity contribution is -0.139. The van der Waals surface area contributed by atoms with E-state index in [9.17, 15) is 9.90 Å². The minimum absolute atomic E-state index is 0.154. The van der Waals surface area contributed by atoms with Crippen LogP contribution in [0, 0.1) is 0 Å². The highest BCUT2D eigenvalue weighted by molar-refractivity contribution is 7.99. The minimum atomic E-state index is -0.821. The first-order valence-corrected chi connectivity index (χ1v) is 5.73. The molecule has 0 aliphatic rings. The molecule has 0 rings (SSSR count). The molecule has 0 bridgehead atoms. The number of hydrogen-bond donors (Lipinski definition) is 3. The Kier molecular flexibility index (Phi) is 6.96. The van der Waals surface area contributed by atoms with E-state index in [0.29, 0.717) is 6.42 Å². The third kappa shape index (κ3) is 5.47. The summed E-state index contributed by atoms with van der Waals surface area (Å²) in [5.74, 6) is -0.0815. The van der Waals surface area contributed by atoms with Gasteiger partial charge < -0.3 is 15.5 Å². The lowest BCUT2D eigenvalue weighted by Gasteiger charge is -2.15. The molecule has 0 amide bonds. The Bertz CT molecular complexity index is 175. The number of thioether (sulfide) groups is 1. The molecule has 14 heavy (non-hydrogen) atoms. The number of carboxylic acids is 1. The lowest BCUT2D eigenvalue weighted by atomic mass is 10.2. The van der Waals surface area contributed by atoms with Gasteiger partial charge in [0.25, 0.3) is 0 Å². The summed E-state index contributed by atoms with van der Waals surface area (Å²) in [5, 5.41) is 20.8. The summed E-state index contributed by atoms with van der Waals surface area (Å²) in [4.78, 5) is 10.6. The second kappa shape index (κ2) is 7.09. The van der Waals surface area contributed by atoms with Crippen molar-refractivity contribution in [1.29, 1.82) is 0 Å². The van der Waals surface area contributed by atoms with Crippen LogP contribution < -0.4 is 5.32 Å². The topological polar surface area (TPSA) is 69.6 Å². The molecule has 0 aliphatic heterocycles. The Balaban J connectivity index is 3.66. The number of hydrogen-bond acceptors (Lipinski definition) is 4. The van der Waals surface area contributed by atoms with Gasteiger partial charge in [-0.15, -0.1) is 0 Å². The summed E-state index contributed by atoms with van der Waals surface area (Å²) in [6.45, 7) is 3.68. The van der Waals surface area contributed by atoms with Gasteiger partial charge in [0.15, 0.2) is 0 Å². The van der Waals surface area contributed by atoms with E-state index in [1.54, 1.807) is 25.7 Å². The summed E-state index contributed by atoms with van der Waals surface area (Å²) in [5.41, 5.74) is 0. The van der Waals surface area contributed by atoms with Crippen LogP contribution in [-0.2, 0) is 4.79 Å². The van der Waals surface area contributed by atoms with Crippen molar-refractivity contribution in [3.8, 4) is 0 Å². The maximum absolute atomic E-state index is 10.6. The Morgan fingerprint density at radius 2 is 2.07 bits per heavy atom. The van der Waals surface area contributed by atoms with Crippen LogP contribution in [0.5, 0.6) is 0 Å². The van der Waals surface area contributed by atoms with Crippen LogP contribution in [0.2, 0.25) is 0 Å². The Morgan fingerprint density at radius 1 is 1.50 bits per heavy atom. The van der Waals surface area contributed by atoms with Crippen molar-refractivity contribution >= 4 is 17.7 Å². The van der Waals surface area contributed by atoms with E-state index in [1.807, 2.05) is 6.92 Å². The summed E-state index contributed by atoms with van der Waals surface area (Å²) in [6, 6.07) is -0.483. The van der Waals surface area contributed by atoms with Crippen LogP contribution in [0.1, 0.15) is 20.3 Å². The zero-order valence-corrected chi connectivity index (χ0v) is 9.67. The summed E-state index contributed by atoms with van der Waals surface area (Å²) >= 11 is 1.59. The fraction of sp³-hybridized carbons (Fsp3) is 0.889. The number of nitrogens with one attached hydrogen (secondary N) is 1. The molecule has 84 valence electrons. The molecular weight excluding hydrogens is 202 g/mol. The molecule has 0 heterocycles. The van der Waals surface area contributed by atoms with Crippen molar-refractivity contribution in [3.05, 3.63) is 0 Å². The van der Waals surface area contributed by atoms with Crippen LogP contribution in [0.15, 0.2) is 0 Å². The lowest BCUT2D eigenvalue weighted by Crippen LogP contribution is -2.34. The molecule has 0 saturated carbocycles. The molecule has 0 fully saturated rings. The van der Waals surface area contributed by atoms with Crippen LogP contribution in [0.4, 0.5) is 0 Å². The second-order valence-corrected chi connectivity index (χ2v) is 4.77. The zero-order valence-electron chi connectivity index (χ0n) is 8.86. The van der Waals surface area contributed by atoms with Gasteiger partial charge in [-0.05, 0) is 26.1 Å². The van der Waals surface area contributed by atoms with E-state index >= 15 is 0 Å². The smallest absolute Gasteiger partial charge is 0.320 e. The second-order valence-electron chi connectivity index (χ2n) is 3.28. The molecule has 0 aromatic carbocycles. The molecular formula is C9H19NO3S. The summed E-state index contributed by atoms with van der Waals surface area (Å²) in [6.07, 6.45) is 0.228. The number of likely N-dealkylation sites (N-methyl/N-ethyl adjacent to an activating group) is 1. The molecule has 0 aromatic heterocycles. The van der Waals surface area contributed by atoms with E-state index in [2.05, 4.69) is 5.32 Å². The third-order valence-electron chi connectivity index (χ3n) is 2.11. The molecule has 0 radical (unpaired) electrons. The SMILES string of the molecule is CNC(CCSC(C)C(C)O)C(=O)O. The van der Waals surface area contributed by atoms with Crippen LogP contribution >= 0.6 is 11.8 Å². The molecule has 5 heteroatoms. The highest BCUT2D eigenvalue weighted by Crippen LogP contribution is 2.15. The maximum Gasteiger partial charge on any atom is 0.320 e. The molecule has 0 saturated heterocycles. The summed E-state index contributed by atoms with van der Waals surface area (Å²) < 4.78 is 0. The number of aliphatic carboxylic acids is 1. The monoisotopic (exact) mass is 221 g/mol. The van der Waals surface area contributed by atoms with Crippen molar-refractivity contribution in [2.75, 3.05) is 12.8 Å². The molecule has 3 atom stereocenters. The number of carboxylic acid groups (broad SMARTS) is 1. The average molecular weight is 221 g/mol. The normalized spacial score (nSPS) is 17.4. The van der Waals surface area contributed by atoms with Gasteiger partial charge in [0, 0.05) is 5.25 Å². The predicted molar refractivity (Wildman–Crippen MR) is 58.7 cm³/mol. The van der Waals surface area contributed by atoms with Crippen LogP contribution in [0.3, 0.4) is 0 Å². The minimum Gasteiger partial charge on any atom is -0.480 e. The Hall–Kier alpha value is -0.260. The first-order valence-electron chi connectivity index (χ1n) is 4.68. The van der Waals surface area contributed by atoms with Gasteiger partial charge in [-0.1, -0.05) is 6.92 Å². The van der Waals surface area contributed by atoms with Gasteiger partial charge in [0.1, 0.15) is 6.04 Å². The van der Waals surface area contributed by atoms with E-state index in [0.717, 1.165) is 5.75 Å². The van der Waals surface area contributed by atoms with Gasteiger partial charge in [-0.3, -0.25) is 4.79 Å². The average Bonchev–Trinajstić information content (AvgIpc) is 2.11. The molecule has 0 aromatic rings. The zero-order chi connectivity index (χ0) is 11.1. The first kappa shape index (κ1) is 13.7. The van der Waals surface area contributed by atoms with Crippen molar-refractivity contribution in [2.45, 2.75) is 37.7 Å².